The normalized spacial score (nSPS) is 14.2. The first kappa shape index (κ1) is 12.8. The van der Waals surface area contributed by atoms with E-state index in [2.05, 4.69) is 38.1 Å². The van der Waals surface area contributed by atoms with Gasteiger partial charge in [-0.3, -0.25) is 0 Å². The van der Waals surface area contributed by atoms with Gasteiger partial charge in [0, 0.05) is 12.1 Å². The van der Waals surface area contributed by atoms with E-state index >= 15 is 0 Å². The molecule has 2 aromatic carbocycles. The van der Waals surface area contributed by atoms with E-state index in [0.29, 0.717) is 0 Å². The van der Waals surface area contributed by atoms with Crippen LogP contribution in [0, 0.1) is 13.8 Å². The van der Waals surface area contributed by atoms with Crippen LogP contribution in [0.5, 0.6) is 0 Å². The van der Waals surface area contributed by atoms with Crippen LogP contribution in [-0.4, -0.2) is 0 Å². The van der Waals surface area contributed by atoms with Gasteiger partial charge in [-0.15, -0.1) is 0 Å². The molecule has 18 heavy (non-hydrogen) atoms. The van der Waals surface area contributed by atoms with Crippen molar-refractivity contribution in [2.45, 2.75) is 25.9 Å². The Labute approximate surface area is 109 Å². The third-order valence-corrected chi connectivity index (χ3v) is 3.48. The predicted octanol–water partition coefficient (Wildman–Crippen LogP) is 3.00. The van der Waals surface area contributed by atoms with Crippen LogP contribution >= 0.6 is 0 Å². The van der Waals surface area contributed by atoms with Gasteiger partial charge in [0.05, 0.1) is 0 Å². The monoisotopic (exact) mass is 240 g/mol. The van der Waals surface area contributed by atoms with Gasteiger partial charge in [-0.2, -0.15) is 0 Å². The smallest absolute Gasteiger partial charge is 0.0493 e. The predicted molar refractivity (Wildman–Crippen MR) is 76.2 cm³/mol. The molecule has 0 heterocycles. The van der Waals surface area contributed by atoms with Crippen molar-refractivity contribution >= 4 is 0 Å². The fraction of sp³-hybridized carbons (Fsp3) is 0.250. The number of hydrogen-bond acceptors (Lipinski definition) is 2. The van der Waals surface area contributed by atoms with Gasteiger partial charge < -0.3 is 11.5 Å². The van der Waals surface area contributed by atoms with E-state index in [1.807, 2.05) is 24.3 Å². The lowest BCUT2D eigenvalue weighted by Gasteiger charge is -2.23. The van der Waals surface area contributed by atoms with E-state index in [4.69, 9.17) is 11.5 Å². The van der Waals surface area contributed by atoms with Crippen LogP contribution < -0.4 is 11.5 Å². The zero-order valence-corrected chi connectivity index (χ0v) is 10.9. The summed E-state index contributed by atoms with van der Waals surface area (Å²) in [6.45, 7) is 4.14. The number of rotatable bonds is 3. The lowest BCUT2D eigenvalue weighted by Crippen LogP contribution is -2.27. The Bertz CT molecular complexity index is 485. The summed E-state index contributed by atoms with van der Waals surface area (Å²) in [7, 11) is 0. The Morgan fingerprint density at radius 2 is 1.00 bits per heavy atom. The van der Waals surface area contributed by atoms with E-state index in [9.17, 15) is 0 Å². The standard InChI is InChI=1S/C16H20N2/c1-11-7-3-5-9-13(11)15(17)16(18)14-10-6-4-8-12(14)2/h3-10,15-16H,17-18H2,1-2H3/t15-,16-/m1/s1. The van der Waals surface area contributed by atoms with Crippen molar-refractivity contribution < 1.29 is 0 Å². The molecule has 0 saturated heterocycles. The van der Waals surface area contributed by atoms with Crippen LogP contribution in [0.1, 0.15) is 34.3 Å². The average Bonchev–Trinajstić information content (AvgIpc) is 2.38. The van der Waals surface area contributed by atoms with E-state index in [0.717, 1.165) is 11.1 Å². The summed E-state index contributed by atoms with van der Waals surface area (Å²) in [6.07, 6.45) is 0. The van der Waals surface area contributed by atoms with Crippen LogP contribution in [0.4, 0.5) is 0 Å². The molecule has 0 aliphatic rings. The van der Waals surface area contributed by atoms with Crippen LogP contribution in [0.25, 0.3) is 0 Å². The second kappa shape index (κ2) is 5.34. The molecule has 2 rings (SSSR count). The lowest BCUT2D eigenvalue weighted by molar-refractivity contribution is 0.569. The topological polar surface area (TPSA) is 52.0 Å². The minimum absolute atomic E-state index is 0.174. The van der Waals surface area contributed by atoms with Gasteiger partial charge in [-0.1, -0.05) is 48.5 Å². The van der Waals surface area contributed by atoms with E-state index < -0.39 is 0 Å². The van der Waals surface area contributed by atoms with Gasteiger partial charge in [0.15, 0.2) is 0 Å². The summed E-state index contributed by atoms with van der Waals surface area (Å²) in [5, 5.41) is 0. The van der Waals surface area contributed by atoms with Crippen LogP contribution in [0.2, 0.25) is 0 Å². The second-order valence-corrected chi connectivity index (χ2v) is 4.76. The Morgan fingerprint density at radius 1 is 0.667 bits per heavy atom. The highest BCUT2D eigenvalue weighted by Crippen LogP contribution is 2.28. The third-order valence-electron chi connectivity index (χ3n) is 3.48. The van der Waals surface area contributed by atoms with Crippen molar-refractivity contribution in [2.24, 2.45) is 11.5 Å². The van der Waals surface area contributed by atoms with Gasteiger partial charge in [0.2, 0.25) is 0 Å². The highest BCUT2D eigenvalue weighted by atomic mass is 14.8. The van der Waals surface area contributed by atoms with Gasteiger partial charge >= 0.3 is 0 Å². The summed E-state index contributed by atoms with van der Waals surface area (Å²) in [6, 6.07) is 15.9. The minimum Gasteiger partial charge on any atom is -0.322 e. The van der Waals surface area contributed by atoms with E-state index in [1.54, 1.807) is 0 Å². The molecular formula is C16H20N2. The Kier molecular flexibility index (Phi) is 3.80. The fourth-order valence-corrected chi connectivity index (χ4v) is 2.31. The summed E-state index contributed by atoms with van der Waals surface area (Å²) >= 11 is 0. The zero-order valence-electron chi connectivity index (χ0n) is 10.9. The number of hydrogen-bond donors (Lipinski definition) is 2. The second-order valence-electron chi connectivity index (χ2n) is 4.76. The molecule has 0 unspecified atom stereocenters. The van der Waals surface area contributed by atoms with Crippen LogP contribution in [0.3, 0.4) is 0 Å². The van der Waals surface area contributed by atoms with E-state index in [-0.39, 0.29) is 12.1 Å². The van der Waals surface area contributed by atoms with Crippen molar-refractivity contribution in [2.75, 3.05) is 0 Å². The van der Waals surface area contributed by atoms with Crippen LogP contribution in [-0.2, 0) is 0 Å². The van der Waals surface area contributed by atoms with Crippen molar-refractivity contribution in [3.05, 3.63) is 70.8 Å². The molecule has 0 saturated carbocycles. The summed E-state index contributed by atoms with van der Waals surface area (Å²) in [5.41, 5.74) is 17.2. The Balaban J connectivity index is 2.33. The first-order valence-electron chi connectivity index (χ1n) is 6.23. The number of nitrogens with two attached hydrogens (primary N) is 2. The van der Waals surface area contributed by atoms with Gasteiger partial charge in [0.1, 0.15) is 0 Å². The first-order valence-corrected chi connectivity index (χ1v) is 6.23. The molecule has 94 valence electrons. The minimum atomic E-state index is -0.174. The van der Waals surface area contributed by atoms with Gasteiger partial charge in [-0.05, 0) is 36.1 Å². The van der Waals surface area contributed by atoms with E-state index in [1.165, 1.54) is 11.1 Å². The molecule has 0 spiro atoms. The maximum absolute atomic E-state index is 6.32. The van der Waals surface area contributed by atoms with Gasteiger partial charge in [0.25, 0.3) is 0 Å². The van der Waals surface area contributed by atoms with Crippen molar-refractivity contribution in [1.29, 1.82) is 0 Å². The molecule has 0 aliphatic carbocycles. The lowest BCUT2D eigenvalue weighted by atomic mass is 9.90. The Morgan fingerprint density at radius 3 is 1.33 bits per heavy atom. The largest absolute Gasteiger partial charge is 0.322 e. The molecule has 4 N–H and O–H groups in total. The molecule has 0 aliphatic heterocycles. The van der Waals surface area contributed by atoms with Crippen molar-refractivity contribution in [3.8, 4) is 0 Å². The zero-order chi connectivity index (χ0) is 13.1. The average molecular weight is 240 g/mol. The molecule has 2 aromatic rings. The third kappa shape index (κ3) is 2.45. The Hall–Kier alpha value is -1.64. The summed E-state index contributed by atoms with van der Waals surface area (Å²) < 4.78 is 0. The van der Waals surface area contributed by atoms with Crippen molar-refractivity contribution in [1.82, 2.24) is 0 Å². The summed E-state index contributed by atoms with van der Waals surface area (Å²) in [5.74, 6) is 0. The molecular weight excluding hydrogens is 220 g/mol. The molecule has 2 heteroatoms. The highest BCUT2D eigenvalue weighted by molar-refractivity contribution is 5.35. The molecule has 0 aromatic heterocycles. The fourth-order valence-electron chi connectivity index (χ4n) is 2.31. The van der Waals surface area contributed by atoms with Crippen molar-refractivity contribution in [3.63, 3.8) is 0 Å². The molecule has 2 nitrogen and oxygen atoms in total. The molecule has 0 fully saturated rings. The molecule has 0 bridgehead atoms. The van der Waals surface area contributed by atoms with Crippen LogP contribution in [0.15, 0.2) is 48.5 Å². The quantitative estimate of drug-likeness (QED) is 0.866. The molecule has 2 atom stereocenters. The first-order chi connectivity index (χ1) is 8.61. The highest BCUT2D eigenvalue weighted by Gasteiger charge is 2.19. The molecule has 0 amide bonds. The molecule has 0 radical (unpaired) electrons. The maximum Gasteiger partial charge on any atom is 0.0493 e. The van der Waals surface area contributed by atoms with Gasteiger partial charge in [-0.25, -0.2) is 0 Å². The number of benzene rings is 2. The number of aryl methyl sites for hydroxylation is 2. The summed E-state index contributed by atoms with van der Waals surface area (Å²) in [4.78, 5) is 0. The maximum atomic E-state index is 6.32. The SMILES string of the molecule is Cc1ccccc1[C@@H](N)[C@H](N)c1ccccc1C.